The molecule has 0 fully saturated rings. The minimum Gasteiger partial charge on any atom is -0.354 e. The van der Waals surface area contributed by atoms with E-state index in [9.17, 15) is 18.0 Å². The van der Waals surface area contributed by atoms with Crippen LogP contribution in [0.3, 0.4) is 0 Å². The Labute approximate surface area is 148 Å². The van der Waals surface area contributed by atoms with Gasteiger partial charge in [-0.15, -0.1) is 0 Å². The number of amides is 1. The predicted octanol–water partition coefficient (Wildman–Crippen LogP) is 5.03. The molecule has 0 saturated heterocycles. The number of carbonyl (C=O) groups excluding carboxylic acids is 1. The van der Waals surface area contributed by atoms with Crippen LogP contribution in [-0.2, 0) is 6.18 Å². The van der Waals surface area contributed by atoms with Crippen molar-refractivity contribution in [3.63, 3.8) is 0 Å². The van der Waals surface area contributed by atoms with Crippen LogP contribution in [0, 0.1) is 0 Å². The summed E-state index contributed by atoms with van der Waals surface area (Å²) in [7, 11) is 0. The molecule has 1 aromatic heterocycles. The molecule has 1 heterocycles. The van der Waals surface area contributed by atoms with Crippen molar-refractivity contribution in [2.24, 2.45) is 0 Å². The van der Waals surface area contributed by atoms with Crippen LogP contribution in [0.15, 0.2) is 36.5 Å². The quantitative estimate of drug-likeness (QED) is 0.775. The number of carbonyl (C=O) groups is 1. The largest absolute Gasteiger partial charge is 0.417 e. The Morgan fingerprint density at radius 2 is 1.92 bits per heavy atom. The zero-order chi connectivity index (χ0) is 18.6. The Kier molecular flexibility index (Phi) is 5.89. The maximum atomic E-state index is 12.9. The van der Waals surface area contributed by atoms with Crippen molar-refractivity contribution < 1.29 is 18.0 Å². The number of aromatic nitrogens is 1. The number of rotatable bonds is 5. The topological polar surface area (TPSA) is 54.0 Å². The van der Waals surface area contributed by atoms with Crippen molar-refractivity contribution in [3.05, 3.63) is 52.8 Å². The molecule has 0 bridgehead atoms. The van der Waals surface area contributed by atoms with E-state index in [1.165, 1.54) is 24.4 Å². The third-order valence-corrected chi connectivity index (χ3v) is 3.88. The van der Waals surface area contributed by atoms with Gasteiger partial charge in [0, 0.05) is 11.7 Å². The van der Waals surface area contributed by atoms with E-state index >= 15 is 0 Å². The normalized spacial score (nSPS) is 12.6. The molecule has 0 saturated carbocycles. The number of pyridine rings is 1. The maximum Gasteiger partial charge on any atom is 0.417 e. The van der Waals surface area contributed by atoms with E-state index in [2.05, 4.69) is 15.6 Å². The fourth-order valence-electron chi connectivity index (χ4n) is 1.99. The van der Waals surface area contributed by atoms with Crippen molar-refractivity contribution in [3.8, 4) is 0 Å². The monoisotopic (exact) mass is 371 g/mol. The number of benzene rings is 1. The lowest BCUT2D eigenvalue weighted by molar-refractivity contribution is -0.137. The highest BCUT2D eigenvalue weighted by Crippen LogP contribution is 2.36. The maximum absolute atomic E-state index is 12.9. The van der Waals surface area contributed by atoms with Gasteiger partial charge in [-0.05, 0) is 43.7 Å². The summed E-state index contributed by atoms with van der Waals surface area (Å²) in [5.41, 5.74) is -0.0134. The van der Waals surface area contributed by atoms with Gasteiger partial charge in [0.15, 0.2) is 0 Å². The highest BCUT2D eigenvalue weighted by Gasteiger charge is 2.33. The van der Waals surface area contributed by atoms with Crippen molar-refractivity contribution in [2.45, 2.75) is 32.5 Å². The molecule has 1 atom stereocenters. The van der Waals surface area contributed by atoms with Gasteiger partial charge in [-0.1, -0.05) is 18.5 Å². The van der Waals surface area contributed by atoms with E-state index in [1.807, 2.05) is 13.8 Å². The van der Waals surface area contributed by atoms with Crippen LogP contribution in [0.5, 0.6) is 0 Å². The Hall–Kier alpha value is -2.28. The summed E-state index contributed by atoms with van der Waals surface area (Å²) in [5.74, 6) is -0.299. The van der Waals surface area contributed by atoms with Gasteiger partial charge in [-0.3, -0.25) is 4.79 Å². The molecule has 0 aliphatic heterocycles. The number of nitrogens with zero attached hydrogens (tertiary/aromatic N) is 1. The first-order valence-corrected chi connectivity index (χ1v) is 7.99. The van der Waals surface area contributed by atoms with Crippen molar-refractivity contribution in [1.29, 1.82) is 0 Å². The smallest absolute Gasteiger partial charge is 0.354 e. The Morgan fingerprint density at radius 3 is 2.48 bits per heavy atom. The molecule has 2 N–H and O–H groups in total. The fourth-order valence-corrected chi connectivity index (χ4v) is 2.21. The van der Waals surface area contributed by atoms with Crippen LogP contribution < -0.4 is 10.6 Å². The van der Waals surface area contributed by atoms with Gasteiger partial charge in [-0.25, -0.2) is 4.98 Å². The highest BCUT2D eigenvalue weighted by atomic mass is 35.5. The molecule has 0 aliphatic carbocycles. The Bertz CT molecular complexity index is 748. The highest BCUT2D eigenvalue weighted by molar-refractivity contribution is 6.31. The molecule has 2 rings (SSSR count). The summed E-state index contributed by atoms with van der Waals surface area (Å²) in [6, 6.07) is 6.63. The van der Waals surface area contributed by atoms with Crippen LogP contribution in [0.2, 0.25) is 5.02 Å². The van der Waals surface area contributed by atoms with Crippen molar-refractivity contribution >= 4 is 28.9 Å². The van der Waals surface area contributed by atoms with E-state index < -0.39 is 11.7 Å². The van der Waals surface area contributed by atoms with Crippen LogP contribution in [0.25, 0.3) is 0 Å². The average Bonchev–Trinajstić information content (AvgIpc) is 2.56. The average molecular weight is 372 g/mol. The van der Waals surface area contributed by atoms with Gasteiger partial charge in [0.2, 0.25) is 0 Å². The fraction of sp³-hybridized carbons (Fsp3) is 0.294. The van der Waals surface area contributed by atoms with Crippen LogP contribution >= 0.6 is 11.6 Å². The molecule has 0 aliphatic rings. The predicted molar refractivity (Wildman–Crippen MR) is 91.2 cm³/mol. The van der Waals surface area contributed by atoms with Crippen molar-refractivity contribution in [2.75, 3.05) is 5.32 Å². The van der Waals surface area contributed by atoms with E-state index in [1.54, 1.807) is 6.07 Å². The van der Waals surface area contributed by atoms with E-state index in [4.69, 9.17) is 11.6 Å². The summed E-state index contributed by atoms with van der Waals surface area (Å²) in [4.78, 5) is 16.0. The lowest BCUT2D eigenvalue weighted by atomic mass is 10.2. The van der Waals surface area contributed by atoms with E-state index in [-0.39, 0.29) is 28.4 Å². The third-order valence-electron chi connectivity index (χ3n) is 3.55. The molecular formula is C17H17ClF3N3O. The van der Waals surface area contributed by atoms with Gasteiger partial charge in [0.1, 0.15) is 5.69 Å². The Morgan fingerprint density at radius 1 is 1.24 bits per heavy atom. The summed E-state index contributed by atoms with van der Waals surface area (Å²) < 4.78 is 38.6. The molecule has 2 aromatic rings. The number of hydrogen-bond acceptors (Lipinski definition) is 3. The molecule has 25 heavy (non-hydrogen) atoms. The molecule has 1 amide bonds. The first kappa shape index (κ1) is 19.1. The second-order valence-electron chi connectivity index (χ2n) is 5.53. The molecule has 1 aromatic carbocycles. The molecule has 4 nitrogen and oxygen atoms in total. The number of nitrogens with one attached hydrogen (secondary N) is 2. The van der Waals surface area contributed by atoms with E-state index in [0.717, 1.165) is 12.5 Å². The first-order chi connectivity index (χ1) is 11.7. The summed E-state index contributed by atoms with van der Waals surface area (Å²) >= 11 is 5.59. The van der Waals surface area contributed by atoms with Gasteiger partial charge in [0.05, 0.1) is 22.5 Å². The van der Waals surface area contributed by atoms with Gasteiger partial charge in [-0.2, -0.15) is 13.2 Å². The lowest BCUT2D eigenvalue weighted by Gasteiger charge is -2.13. The van der Waals surface area contributed by atoms with Crippen LogP contribution in [0.1, 0.15) is 36.3 Å². The molecule has 0 spiro atoms. The molecule has 0 radical (unpaired) electrons. The van der Waals surface area contributed by atoms with Gasteiger partial charge in [0.25, 0.3) is 5.91 Å². The summed E-state index contributed by atoms with van der Waals surface area (Å²) in [6.45, 7) is 3.83. The standard InChI is InChI=1S/C17H17ClF3N3O/c1-3-10(2)23-16(25)15-7-5-12(9-22-15)24-11-4-6-14(18)13(8-11)17(19,20)21/h4-10,24H,3H2,1-2H3,(H,23,25). The molecule has 1 unspecified atom stereocenters. The van der Waals surface area contributed by atoms with Crippen LogP contribution in [-0.4, -0.2) is 16.9 Å². The first-order valence-electron chi connectivity index (χ1n) is 7.61. The molecular weight excluding hydrogens is 355 g/mol. The zero-order valence-electron chi connectivity index (χ0n) is 13.6. The third kappa shape index (κ3) is 5.09. The second kappa shape index (κ2) is 7.74. The van der Waals surface area contributed by atoms with Gasteiger partial charge < -0.3 is 10.6 Å². The summed E-state index contributed by atoms with van der Waals surface area (Å²) in [6.07, 6.45) is -2.36. The minimum atomic E-state index is -4.54. The van der Waals surface area contributed by atoms with Crippen molar-refractivity contribution in [1.82, 2.24) is 10.3 Å². The molecule has 8 heteroatoms. The zero-order valence-corrected chi connectivity index (χ0v) is 14.4. The Balaban J connectivity index is 2.13. The number of halogens is 4. The molecule has 134 valence electrons. The SMILES string of the molecule is CCC(C)NC(=O)c1ccc(Nc2ccc(Cl)c(C(F)(F)F)c2)cn1. The number of alkyl halides is 3. The second-order valence-corrected chi connectivity index (χ2v) is 5.94. The summed E-state index contributed by atoms with van der Waals surface area (Å²) in [5, 5.41) is 5.23. The van der Waals surface area contributed by atoms with Crippen LogP contribution in [0.4, 0.5) is 24.5 Å². The van der Waals surface area contributed by atoms with Gasteiger partial charge >= 0.3 is 6.18 Å². The number of hydrogen-bond donors (Lipinski definition) is 2. The lowest BCUT2D eigenvalue weighted by Crippen LogP contribution is -2.32. The number of anilines is 2. The van der Waals surface area contributed by atoms with E-state index in [0.29, 0.717) is 5.69 Å². The minimum absolute atomic E-state index is 0.0296.